The molecule has 0 amide bonds. The van der Waals surface area contributed by atoms with Gasteiger partial charge in [-0.2, -0.15) is 5.10 Å². The van der Waals surface area contributed by atoms with Crippen LogP contribution < -0.4 is 5.32 Å². The number of halogens is 1. The third-order valence-electron chi connectivity index (χ3n) is 3.62. The molecule has 2 rings (SSSR count). The molecule has 1 aliphatic rings. The molecule has 0 atom stereocenters. The molecule has 5 nitrogen and oxygen atoms in total. The maximum atomic E-state index is 11.4. The normalized spacial score (nSPS) is 19.7. The van der Waals surface area contributed by atoms with Gasteiger partial charge in [-0.3, -0.25) is 4.68 Å². The highest BCUT2D eigenvalue weighted by atomic mass is 35.5. The van der Waals surface area contributed by atoms with Gasteiger partial charge in [0, 0.05) is 19.6 Å². The molecule has 0 bridgehead atoms. The Morgan fingerprint density at radius 3 is 2.58 bits per heavy atom. The Morgan fingerprint density at radius 1 is 1.42 bits per heavy atom. The van der Waals surface area contributed by atoms with Crippen LogP contribution in [0, 0.1) is 0 Å². The van der Waals surface area contributed by atoms with E-state index < -0.39 is 9.84 Å². The molecule has 0 unspecified atom stereocenters. The fourth-order valence-corrected chi connectivity index (χ4v) is 4.20. The Morgan fingerprint density at radius 2 is 2.05 bits per heavy atom. The van der Waals surface area contributed by atoms with Gasteiger partial charge < -0.3 is 5.32 Å². The van der Waals surface area contributed by atoms with Crippen LogP contribution in [0.5, 0.6) is 0 Å². The van der Waals surface area contributed by atoms with Crippen LogP contribution in [0.15, 0.2) is 0 Å². The van der Waals surface area contributed by atoms with Crippen molar-refractivity contribution in [1.29, 1.82) is 0 Å². The van der Waals surface area contributed by atoms with Crippen LogP contribution in [0.3, 0.4) is 0 Å². The third-order valence-corrected chi connectivity index (χ3v) is 5.77. The maximum Gasteiger partial charge on any atom is 0.150 e. The predicted octanol–water partition coefficient (Wildman–Crippen LogP) is 1.30. The lowest BCUT2D eigenvalue weighted by molar-refractivity contribution is 0.454. The molecule has 2 heterocycles. The van der Waals surface area contributed by atoms with Gasteiger partial charge in [0.25, 0.3) is 0 Å². The molecule has 7 heteroatoms. The number of rotatable bonds is 4. The van der Waals surface area contributed by atoms with Gasteiger partial charge in [0.1, 0.15) is 9.84 Å². The Kier molecular flexibility index (Phi) is 4.53. The van der Waals surface area contributed by atoms with Crippen molar-refractivity contribution in [3.8, 4) is 0 Å². The van der Waals surface area contributed by atoms with Crippen LogP contribution in [-0.4, -0.2) is 35.7 Å². The number of sulfone groups is 1. The van der Waals surface area contributed by atoms with Crippen molar-refractivity contribution in [3.63, 3.8) is 0 Å². The number of hydrogen-bond acceptors (Lipinski definition) is 4. The molecule has 0 spiro atoms. The largest absolute Gasteiger partial charge is 0.308 e. The first-order valence-corrected chi connectivity index (χ1v) is 8.77. The van der Waals surface area contributed by atoms with Gasteiger partial charge in [0.2, 0.25) is 0 Å². The fourth-order valence-electron chi connectivity index (χ4n) is 2.35. The highest BCUT2D eigenvalue weighted by Crippen LogP contribution is 2.21. The molecule has 1 aromatic heterocycles. The van der Waals surface area contributed by atoms with Crippen molar-refractivity contribution in [2.45, 2.75) is 38.8 Å². The van der Waals surface area contributed by atoms with E-state index >= 15 is 0 Å². The van der Waals surface area contributed by atoms with Gasteiger partial charge in [-0.15, -0.1) is 0 Å². The van der Waals surface area contributed by atoms with Crippen LogP contribution in [-0.2, 0) is 29.9 Å². The van der Waals surface area contributed by atoms with Crippen LogP contribution >= 0.6 is 11.6 Å². The van der Waals surface area contributed by atoms with E-state index in [1.54, 1.807) is 4.68 Å². The third kappa shape index (κ3) is 3.49. The lowest BCUT2D eigenvalue weighted by Crippen LogP contribution is -2.37. The zero-order valence-corrected chi connectivity index (χ0v) is 12.9. The number of nitrogens with one attached hydrogen (secondary N) is 1. The van der Waals surface area contributed by atoms with Gasteiger partial charge in [-0.05, 0) is 19.3 Å². The second kappa shape index (κ2) is 5.81. The van der Waals surface area contributed by atoms with E-state index in [1.807, 2.05) is 14.0 Å². The average molecular weight is 306 g/mol. The minimum Gasteiger partial charge on any atom is -0.308 e. The van der Waals surface area contributed by atoms with Crippen LogP contribution in [0.1, 0.15) is 31.2 Å². The number of aryl methyl sites for hydroxylation is 2. The van der Waals surface area contributed by atoms with Crippen LogP contribution in [0.4, 0.5) is 0 Å². The lowest BCUT2D eigenvalue weighted by atomic mass is 10.1. The molecule has 1 saturated heterocycles. The first-order chi connectivity index (χ1) is 8.93. The molecule has 0 aliphatic carbocycles. The maximum absolute atomic E-state index is 11.4. The first kappa shape index (κ1) is 14.8. The zero-order chi connectivity index (χ0) is 14.0. The SMILES string of the molecule is CCc1nn(C)c(CNC2CCS(=O)(=O)CC2)c1Cl. The van der Waals surface area contributed by atoms with Crippen molar-refractivity contribution >= 4 is 21.4 Å². The standard InChI is InChI=1S/C12H20ClN3O2S/c1-3-10-12(13)11(16(2)15-10)8-14-9-4-6-19(17,18)7-5-9/h9,14H,3-8H2,1-2H3. The van der Waals surface area contributed by atoms with E-state index in [0.717, 1.165) is 22.8 Å². The number of aromatic nitrogens is 2. The highest BCUT2D eigenvalue weighted by molar-refractivity contribution is 7.91. The van der Waals surface area contributed by atoms with Crippen molar-refractivity contribution in [2.75, 3.05) is 11.5 Å². The van der Waals surface area contributed by atoms with E-state index in [2.05, 4.69) is 10.4 Å². The van der Waals surface area contributed by atoms with Gasteiger partial charge in [-0.25, -0.2) is 8.42 Å². The van der Waals surface area contributed by atoms with Gasteiger partial charge in [-0.1, -0.05) is 18.5 Å². The van der Waals surface area contributed by atoms with Crippen molar-refractivity contribution in [3.05, 3.63) is 16.4 Å². The molecule has 108 valence electrons. The minimum absolute atomic E-state index is 0.250. The molecule has 0 aromatic carbocycles. The Hall–Kier alpha value is -0.590. The smallest absolute Gasteiger partial charge is 0.150 e. The Bertz CT molecular complexity index is 540. The van der Waals surface area contributed by atoms with E-state index in [9.17, 15) is 8.42 Å². The quantitative estimate of drug-likeness (QED) is 0.911. The molecule has 0 saturated carbocycles. The van der Waals surface area contributed by atoms with Crippen molar-refractivity contribution in [2.24, 2.45) is 7.05 Å². The number of nitrogens with zero attached hydrogens (tertiary/aromatic N) is 2. The van der Waals surface area contributed by atoms with Crippen molar-refractivity contribution < 1.29 is 8.42 Å². The molecular formula is C12H20ClN3O2S. The van der Waals surface area contributed by atoms with E-state index in [0.29, 0.717) is 19.4 Å². The summed E-state index contributed by atoms with van der Waals surface area (Å²) >= 11 is 6.27. The molecular weight excluding hydrogens is 286 g/mol. The monoisotopic (exact) mass is 305 g/mol. The highest BCUT2D eigenvalue weighted by Gasteiger charge is 2.23. The lowest BCUT2D eigenvalue weighted by Gasteiger charge is -2.23. The summed E-state index contributed by atoms with van der Waals surface area (Å²) < 4.78 is 24.5. The topological polar surface area (TPSA) is 64.0 Å². The second-order valence-electron chi connectivity index (χ2n) is 4.99. The van der Waals surface area contributed by atoms with Crippen molar-refractivity contribution in [1.82, 2.24) is 15.1 Å². The van der Waals surface area contributed by atoms with Crippen LogP contribution in [0.2, 0.25) is 5.02 Å². The summed E-state index contributed by atoms with van der Waals surface area (Å²) in [5, 5.41) is 8.47. The predicted molar refractivity (Wildman–Crippen MR) is 76.1 cm³/mol. The molecule has 1 aromatic rings. The first-order valence-electron chi connectivity index (χ1n) is 6.57. The summed E-state index contributed by atoms with van der Waals surface area (Å²) in [6, 6.07) is 0.250. The minimum atomic E-state index is -2.80. The van der Waals surface area contributed by atoms with Crippen LogP contribution in [0.25, 0.3) is 0 Å². The summed E-state index contributed by atoms with van der Waals surface area (Å²) in [7, 11) is -0.916. The van der Waals surface area contributed by atoms with Gasteiger partial charge in [0.15, 0.2) is 0 Å². The zero-order valence-electron chi connectivity index (χ0n) is 11.3. The molecule has 1 N–H and O–H groups in total. The molecule has 1 fully saturated rings. The number of hydrogen-bond donors (Lipinski definition) is 1. The summed E-state index contributed by atoms with van der Waals surface area (Å²) in [6.45, 7) is 2.66. The second-order valence-corrected chi connectivity index (χ2v) is 7.67. The average Bonchev–Trinajstić information content (AvgIpc) is 2.63. The molecule has 19 heavy (non-hydrogen) atoms. The Balaban J connectivity index is 1.95. The summed E-state index contributed by atoms with van der Waals surface area (Å²) in [5.41, 5.74) is 1.87. The van der Waals surface area contributed by atoms with E-state index in [-0.39, 0.29) is 17.5 Å². The fraction of sp³-hybridized carbons (Fsp3) is 0.750. The summed E-state index contributed by atoms with van der Waals surface area (Å²) in [6.07, 6.45) is 2.17. The molecule has 0 radical (unpaired) electrons. The molecule has 1 aliphatic heterocycles. The Labute approximate surface area is 119 Å². The van der Waals surface area contributed by atoms with E-state index in [4.69, 9.17) is 11.6 Å². The van der Waals surface area contributed by atoms with Gasteiger partial charge >= 0.3 is 0 Å². The van der Waals surface area contributed by atoms with E-state index in [1.165, 1.54) is 0 Å². The van der Waals surface area contributed by atoms with Gasteiger partial charge in [0.05, 0.1) is 27.9 Å². The summed E-state index contributed by atoms with van der Waals surface area (Å²) in [4.78, 5) is 0. The summed E-state index contributed by atoms with van der Waals surface area (Å²) in [5.74, 6) is 0.563.